The Kier molecular flexibility index (Phi) is 6.26. The molecule has 9 heteroatoms. The quantitative estimate of drug-likeness (QED) is 0.555. The molecular formula is C17H15Cl2F2NO4. The van der Waals surface area contributed by atoms with Crippen LogP contribution < -0.4 is 4.74 Å². The second-order valence-corrected chi connectivity index (χ2v) is 6.13. The lowest BCUT2D eigenvalue weighted by Crippen LogP contribution is -2.26. The molecule has 5 nitrogen and oxygen atoms in total. The van der Waals surface area contributed by atoms with Crippen LogP contribution in [0.5, 0.6) is 11.5 Å². The van der Waals surface area contributed by atoms with Crippen molar-refractivity contribution < 1.29 is 28.2 Å². The molecule has 0 aliphatic carbocycles. The van der Waals surface area contributed by atoms with Gasteiger partial charge in [-0.1, -0.05) is 11.6 Å². The number of aromatic nitrogens is 1. The Morgan fingerprint density at radius 3 is 2.62 bits per heavy atom. The molecule has 1 aromatic carbocycles. The van der Waals surface area contributed by atoms with Gasteiger partial charge in [0.2, 0.25) is 0 Å². The normalized spacial score (nSPS) is 12.5. The van der Waals surface area contributed by atoms with Gasteiger partial charge in [-0.25, -0.2) is 4.79 Å². The van der Waals surface area contributed by atoms with Crippen LogP contribution in [0, 0.1) is 0 Å². The minimum Gasteiger partial charge on any atom is -0.504 e. The van der Waals surface area contributed by atoms with Crippen LogP contribution in [0.1, 0.15) is 19.4 Å². The highest BCUT2D eigenvalue weighted by Gasteiger charge is 2.29. The van der Waals surface area contributed by atoms with Crippen LogP contribution in [0.25, 0.3) is 11.3 Å². The monoisotopic (exact) mass is 405 g/mol. The Labute approximate surface area is 158 Å². The van der Waals surface area contributed by atoms with Crippen molar-refractivity contribution >= 4 is 29.2 Å². The third kappa shape index (κ3) is 4.74. The van der Waals surface area contributed by atoms with Crippen molar-refractivity contribution in [2.45, 2.75) is 25.3 Å². The maximum Gasteiger partial charge on any atom is 0.349 e. The Bertz CT molecular complexity index is 812. The topological polar surface area (TPSA) is 68.7 Å². The zero-order chi connectivity index (χ0) is 19.5. The zero-order valence-electron chi connectivity index (χ0n) is 13.8. The molecule has 2 rings (SSSR count). The summed E-state index contributed by atoms with van der Waals surface area (Å²) >= 11 is 10.9. The summed E-state index contributed by atoms with van der Waals surface area (Å²) in [6, 6.07) is 5.21. The number of phenols is 1. The Morgan fingerprint density at radius 1 is 1.38 bits per heavy atom. The fourth-order valence-electron chi connectivity index (χ4n) is 2.07. The van der Waals surface area contributed by atoms with Crippen molar-refractivity contribution in [3.8, 4) is 22.8 Å². The highest BCUT2D eigenvalue weighted by Crippen LogP contribution is 2.38. The van der Waals surface area contributed by atoms with E-state index in [1.165, 1.54) is 25.1 Å². The van der Waals surface area contributed by atoms with Gasteiger partial charge < -0.3 is 14.6 Å². The highest BCUT2D eigenvalue weighted by atomic mass is 35.5. The highest BCUT2D eigenvalue weighted by molar-refractivity contribution is 6.33. The van der Waals surface area contributed by atoms with Gasteiger partial charge in [0.25, 0.3) is 0 Å². The fourth-order valence-corrected chi connectivity index (χ4v) is 2.45. The predicted octanol–water partition coefficient (Wildman–Crippen LogP) is 4.73. The third-order valence-electron chi connectivity index (χ3n) is 3.32. The molecule has 2 aromatic rings. The number of aromatic hydroxyl groups is 1. The van der Waals surface area contributed by atoms with Crippen LogP contribution in [-0.2, 0) is 14.9 Å². The maximum absolute atomic E-state index is 13.1. The van der Waals surface area contributed by atoms with E-state index >= 15 is 0 Å². The minimum absolute atomic E-state index is 0.0503. The number of hydrogen-bond acceptors (Lipinski definition) is 5. The molecule has 1 aromatic heterocycles. The molecule has 26 heavy (non-hydrogen) atoms. The lowest BCUT2D eigenvalue weighted by molar-refractivity contribution is -0.150. The number of carbonyl (C=O) groups excluding carboxylic acids is 1. The number of benzene rings is 1. The summed E-state index contributed by atoms with van der Waals surface area (Å²) < 4.78 is 36.4. The molecule has 1 N–H and O–H groups in total. The number of halogens is 4. The van der Waals surface area contributed by atoms with E-state index in [0.29, 0.717) is 5.56 Å². The summed E-state index contributed by atoms with van der Waals surface area (Å²) in [5, 5.41) is 6.45. The molecule has 0 saturated carbocycles. The minimum atomic E-state index is -3.59. The first kappa shape index (κ1) is 20.2. The standard InChI is InChI=1S/C17H15Cl2F2NO4/c1-3-25-16(24)9(2)26-14-5-4-10(6-13(14)23)15-12(18)7-11(8-22-15)17(19,20)21/h4-9,23H,3H2,1-2H3. The maximum atomic E-state index is 13.1. The van der Waals surface area contributed by atoms with Crippen molar-refractivity contribution in [2.24, 2.45) is 0 Å². The van der Waals surface area contributed by atoms with Gasteiger partial charge in [-0.15, -0.1) is 0 Å². The smallest absolute Gasteiger partial charge is 0.349 e. The van der Waals surface area contributed by atoms with Gasteiger partial charge in [0, 0.05) is 11.8 Å². The number of esters is 1. The number of nitrogens with zero attached hydrogens (tertiary/aromatic N) is 1. The Morgan fingerprint density at radius 2 is 2.08 bits per heavy atom. The van der Waals surface area contributed by atoms with E-state index in [4.69, 9.17) is 32.7 Å². The van der Waals surface area contributed by atoms with Crippen molar-refractivity contribution in [3.63, 3.8) is 0 Å². The number of ether oxygens (including phenoxy) is 2. The SMILES string of the molecule is CCOC(=O)C(C)Oc1ccc(-c2ncc(C(F)(F)Cl)cc2Cl)cc1O. The number of alkyl halides is 3. The van der Waals surface area contributed by atoms with Crippen LogP contribution in [0.3, 0.4) is 0 Å². The van der Waals surface area contributed by atoms with Crippen molar-refractivity contribution in [1.82, 2.24) is 4.98 Å². The summed E-state index contributed by atoms with van der Waals surface area (Å²) in [6.45, 7) is 3.35. The summed E-state index contributed by atoms with van der Waals surface area (Å²) in [7, 11) is 0. The van der Waals surface area contributed by atoms with Crippen LogP contribution in [0.15, 0.2) is 30.5 Å². The molecule has 0 bridgehead atoms. The van der Waals surface area contributed by atoms with Crippen LogP contribution in [-0.4, -0.2) is 28.8 Å². The first-order valence-corrected chi connectivity index (χ1v) is 8.28. The van der Waals surface area contributed by atoms with E-state index in [1.807, 2.05) is 0 Å². The van der Waals surface area contributed by atoms with Crippen LogP contribution in [0.2, 0.25) is 5.02 Å². The van der Waals surface area contributed by atoms with Gasteiger partial charge in [-0.05, 0) is 49.7 Å². The summed E-state index contributed by atoms with van der Waals surface area (Å²) in [5.74, 6) is -0.795. The van der Waals surface area contributed by atoms with Crippen molar-refractivity contribution in [3.05, 3.63) is 41.0 Å². The lowest BCUT2D eigenvalue weighted by Gasteiger charge is -2.15. The van der Waals surface area contributed by atoms with Crippen LogP contribution in [0.4, 0.5) is 8.78 Å². The largest absolute Gasteiger partial charge is 0.504 e. The van der Waals surface area contributed by atoms with Crippen molar-refractivity contribution in [2.75, 3.05) is 6.61 Å². The summed E-state index contributed by atoms with van der Waals surface area (Å²) in [6.07, 6.45) is -0.0166. The van der Waals surface area contributed by atoms with Gasteiger partial charge in [0.05, 0.1) is 22.9 Å². The molecule has 0 amide bonds. The first-order valence-electron chi connectivity index (χ1n) is 7.53. The van der Waals surface area contributed by atoms with E-state index < -0.39 is 23.0 Å². The van der Waals surface area contributed by atoms with E-state index in [-0.39, 0.29) is 28.8 Å². The number of phenolic OH excluding ortho intramolecular Hbond substituents is 1. The number of rotatable bonds is 6. The zero-order valence-corrected chi connectivity index (χ0v) is 15.3. The third-order valence-corrected chi connectivity index (χ3v) is 3.83. The van der Waals surface area contributed by atoms with Gasteiger partial charge in [0.1, 0.15) is 0 Å². The van der Waals surface area contributed by atoms with Gasteiger partial charge >= 0.3 is 11.4 Å². The molecule has 0 aliphatic heterocycles. The van der Waals surface area contributed by atoms with Crippen molar-refractivity contribution in [1.29, 1.82) is 0 Å². The summed E-state index contributed by atoms with van der Waals surface area (Å²) in [5.41, 5.74) is 0.00468. The van der Waals surface area contributed by atoms with E-state index in [1.54, 1.807) is 6.92 Å². The molecule has 0 spiro atoms. The van der Waals surface area contributed by atoms with Gasteiger partial charge in [-0.2, -0.15) is 8.78 Å². The molecule has 0 saturated heterocycles. The first-order chi connectivity index (χ1) is 12.1. The number of carbonyl (C=O) groups is 1. The second kappa shape index (κ2) is 8.05. The Balaban J connectivity index is 2.26. The molecule has 0 radical (unpaired) electrons. The molecule has 1 atom stereocenters. The van der Waals surface area contributed by atoms with E-state index in [0.717, 1.165) is 12.3 Å². The second-order valence-electron chi connectivity index (χ2n) is 5.25. The fraction of sp³-hybridized carbons (Fsp3) is 0.294. The van der Waals surface area contributed by atoms with Crippen LogP contribution >= 0.6 is 23.2 Å². The van der Waals surface area contributed by atoms with Gasteiger partial charge in [0.15, 0.2) is 17.6 Å². The number of pyridine rings is 1. The molecular weight excluding hydrogens is 391 g/mol. The molecule has 140 valence electrons. The molecule has 1 heterocycles. The molecule has 0 fully saturated rings. The number of hydrogen-bond donors (Lipinski definition) is 1. The average Bonchev–Trinajstić information content (AvgIpc) is 2.56. The van der Waals surface area contributed by atoms with E-state index in [9.17, 15) is 18.7 Å². The molecule has 1 unspecified atom stereocenters. The van der Waals surface area contributed by atoms with E-state index in [2.05, 4.69) is 4.98 Å². The lowest BCUT2D eigenvalue weighted by atomic mass is 10.1. The Hall–Kier alpha value is -2.12. The average molecular weight is 406 g/mol. The molecule has 0 aliphatic rings. The van der Waals surface area contributed by atoms with Gasteiger partial charge in [-0.3, -0.25) is 4.98 Å². The summed E-state index contributed by atoms with van der Waals surface area (Å²) in [4.78, 5) is 15.5. The predicted molar refractivity (Wildman–Crippen MR) is 92.8 cm³/mol.